The zero-order valence-electron chi connectivity index (χ0n) is 14.1. The lowest BCUT2D eigenvalue weighted by Gasteiger charge is -2.27. The third-order valence-corrected chi connectivity index (χ3v) is 4.93. The van der Waals surface area contributed by atoms with Gasteiger partial charge in [-0.3, -0.25) is 4.90 Å². The normalized spacial score (nSPS) is 23.0. The maximum absolute atomic E-state index is 9.55. The van der Waals surface area contributed by atoms with Crippen LogP contribution in [0, 0.1) is 0 Å². The fourth-order valence-electron chi connectivity index (χ4n) is 3.36. The van der Waals surface area contributed by atoms with E-state index in [1.54, 1.807) is 0 Å². The molecular weight excluding hydrogens is 344 g/mol. The molecule has 0 saturated carbocycles. The van der Waals surface area contributed by atoms with Crippen LogP contribution in [-0.4, -0.2) is 59.3 Å². The molecule has 2 unspecified atom stereocenters. The topological polar surface area (TPSA) is 81.1 Å². The van der Waals surface area contributed by atoms with E-state index in [0.29, 0.717) is 12.2 Å². The Morgan fingerprint density at radius 3 is 2.36 bits per heavy atom. The summed E-state index contributed by atoms with van der Waals surface area (Å²) in [7, 11) is 2.28. The average Bonchev–Trinajstić information content (AvgIpc) is 2.78. The lowest BCUT2D eigenvalue weighted by molar-refractivity contribution is -0.134. The number of fused-ring (bicyclic) bond motifs is 2. The number of likely N-dealkylation sites (N-methyl/N-ethyl adjacent to an activating group) is 1. The van der Waals surface area contributed by atoms with Crippen LogP contribution in [0.4, 0.5) is 5.69 Å². The van der Waals surface area contributed by atoms with Crippen LogP contribution in [0.5, 0.6) is 0 Å². The van der Waals surface area contributed by atoms with E-state index in [4.69, 9.17) is 21.8 Å². The van der Waals surface area contributed by atoms with E-state index in [1.165, 1.54) is 24.9 Å². The van der Waals surface area contributed by atoms with Crippen LogP contribution in [0.25, 0.3) is 0 Å². The van der Waals surface area contributed by atoms with Crippen LogP contribution < -0.4 is 4.90 Å². The van der Waals surface area contributed by atoms with Crippen molar-refractivity contribution < 1.29 is 19.8 Å². The fraction of sp³-hybridized carbons (Fsp3) is 0.444. The number of aliphatic carboxylic acids is 2. The van der Waals surface area contributed by atoms with Gasteiger partial charge in [0.05, 0.1) is 0 Å². The Hall–Kier alpha value is -2.05. The van der Waals surface area contributed by atoms with Crippen LogP contribution in [0.1, 0.15) is 19.3 Å². The second-order valence-corrected chi connectivity index (χ2v) is 6.71. The highest BCUT2D eigenvalue weighted by Gasteiger charge is 2.34. The zero-order chi connectivity index (χ0) is 18.4. The van der Waals surface area contributed by atoms with Crippen molar-refractivity contribution in [1.29, 1.82) is 0 Å². The largest absolute Gasteiger partial charge is 0.478 e. The molecule has 0 amide bonds. The summed E-state index contributed by atoms with van der Waals surface area (Å²) in [6.07, 6.45) is 5.12. The van der Waals surface area contributed by atoms with Crippen molar-refractivity contribution in [3.8, 4) is 0 Å². The molecule has 1 aromatic rings. The Kier molecular flexibility index (Phi) is 6.84. The van der Waals surface area contributed by atoms with Gasteiger partial charge in [-0.15, -0.1) is 0 Å². The van der Waals surface area contributed by atoms with Crippen molar-refractivity contribution in [1.82, 2.24) is 4.90 Å². The van der Waals surface area contributed by atoms with Gasteiger partial charge in [0.1, 0.15) is 0 Å². The summed E-state index contributed by atoms with van der Waals surface area (Å²) in [6.45, 7) is 2.30. The highest BCUT2D eigenvalue weighted by molar-refractivity contribution is 6.30. The van der Waals surface area contributed by atoms with E-state index in [0.717, 1.165) is 30.2 Å². The van der Waals surface area contributed by atoms with Gasteiger partial charge in [0.15, 0.2) is 0 Å². The number of nitrogens with zero attached hydrogens (tertiary/aromatic N) is 2. The van der Waals surface area contributed by atoms with Gasteiger partial charge in [-0.05, 0) is 44.5 Å². The van der Waals surface area contributed by atoms with Crippen molar-refractivity contribution in [2.75, 3.05) is 25.0 Å². The molecule has 136 valence electrons. The van der Waals surface area contributed by atoms with Gasteiger partial charge in [0.25, 0.3) is 0 Å². The molecule has 0 radical (unpaired) electrons. The number of hydrogen-bond acceptors (Lipinski definition) is 4. The molecule has 2 fully saturated rings. The lowest BCUT2D eigenvalue weighted by Crippen LogP contribution is -2.36. The van der Waals surface area contributed by atoms with Gasteiger partial charge in [0.2, 0.25) is 0 Å². The monoisotopic (exact) mass is 366 g/mol. The number of benzene rings is 1. The summed E-state index contributed by atoms with van der Waals surface area (Å²) in [5.74, 6) is -2.51. The lowest BCUT2D eigenvalue weighted by atomic mass is 10.1. The number of hydrogen-bond donors (Lipinski definition) is 2. The summed E-state index contributed by atoms with van der Waals surface area (Å²) in [5.41, 5.74) is 1.28. The van der Waals surface area contributed by atoms with Gasteiger partial charge in [0, 0.05) is 48.0 Å². The van der Waals surface area contributed by atoms with Crippen molar-refractivity contribution >= 4 is 29.2 Å². The number of carboxylic acid groups (broad SMARTS) is 2. The van der Waals surface area contributed by atoms with E-state index in [-0.39, 0.29) is 0 Å². The molecule has 2 heterocycles. The first-order chi connectivity index (χ1) is 11.9. The van der Waals surface area contributed by atoms with Gasteiger partial charge in [-0.1, -0.05) is 17.7 Å². The zero-order valence-corrected chi connectivity index (χ0v) is 14.9. The Morgan fingerprint density at radius 1 is 1.12 bits per heavy atom. The third kappa shape index (κ3) is 5.76. The van der Waals surface area contributed by atoms with Gasteiger partial charge in [-0.25, -0.2) is 9.59 Å². The highest BCUT2D eigenvalue weighted by atomic mass is 35.5. The van der Waals surface area contributed by atoms with E-state index in [9.17, 15) is 9.59 Å². The van der Waals surface area contributed by atoms with Crippen molar-refractivity contribution in [3.05, 3.63) is 41.4 Å². The first kappa shape index (κ1) is 19.3. The number of anilines is 1. The van der Waals surface area contributed by atoms with E-state index in [2.05, 4.69) is 29.0 Å². The Morgan fingerprint density at radius 2 is 1.76 bits per heavy atom. The molecule has 7 heteroatoms. The van der Waals surface area contributed by atoms with Crippen LogP contribution >= 0.6 is 11.6 Å². The smallest absolute Gasteiger partial charge is 0.328 e. The van der Waals surface area contributed by atoms with Crippen molar-refractivity contribution in [2.24, 2.45) is 0 Å². The SMILES string of the molecule is CN1C2CCC1CN(c1cccc(Cl)c1)CC2.O=C(O)/C=C/C(=O)O. The van der Waals surface area contributed by atoms with Crippen LogP contribution in [-0.2, 0) is 9.59 Å². The maximum atomic E-state index is 9.55. The molecule has 2 aliphatic heterocycles. The summed E-state index contributed by atoms with van der Waals surface area (Å²) in [6, 6.07) is 9.77. The Balaban J connectivity index is 0.000000242. The quantitative estimate of drug-likeness (QED) is 0.800. The minimum absolute atomic E-state index is 0.558. The predicted octanol–water partition coefficient (Wildman–Crippen LogP) is 2.72. The summed E-state index contributed by atoms with van der Waals surface area (Å²) < 4.78 is 0. The van der Waals surface area contributed by atoms with Gasteiger partial charge < -0.3 is 15.1 Å². The summed E-state index contributed by atoms with van der Waals surface area (Å²) >= 11 is 6.08. The Bertz CT molecular complexity index is 634. The molecule has 6 nitrogen and oxygen atoms in total. The Labute approximate surface area is 152 Å². The molecule has 2 N–H and O–H groups in total. The van der Waals surface area contributed by atoms with Crippen LogP contribution in [0.15, 0.2) is 36.4 Å². The van der Waals surface area contributed by atoms with E-state index < -0.39 is 11.9 Å². The second kappa shape index (κ2) is 8.87. The molecule has 0 aliphatic carbocycles. The summed E-state index contributed by atoms with van der Waals surface area (Å²) in [4.78, 5) is 24.2. The molecule has 0 aromatic heterocycles. The fourth-order valence-corrected chi connectivity index (χ4v) is 3.54. The molecular formula is C18H23ClN2O4. The number of rotatable bonds is 3. The number of carbonyl (C=O) groups is 2. The molecule has 2 saturated heterocycles. The summed E-state index contributed by atoms with van der Waals surface area (Å²) in [5, 5.41) is 16.5. The molecule has 2 atom stereocenters. The molecule has 1 aromatic carbocycles. The van der Waals surface area contributed by atoms with Gasteiger partial charge in [-0.2, -0.15) is 0 Å². The number of carboxylic acids is 2. The standard InChI is InChI=1S/C14H19ClN2.C4H4O4/c1-16-12-5-6-14(16)10-17(8-7-12)13-4-2-3-11(15)9-13;5-3(6)1-2-4(7)8/h2-4,9,12,14H,5-8,10H2,1H3;1-2H,(H,5,6)(H,7,8)/b;2-1+. The second-order valence-electron chi connectivity index (χ2n) is 6.27. The molecule has 25 heavy (non-hydrogen) atoms. The number of halogens is 1. The molecule has 2 aliphatic rings. The predicted molar refractivity (Wildman–Crippen MR) is 97.3 cm³/mol. The molecule has 2 bridgehead atoms. The van der Waals surface area contributed by atoms with E-state index in [1.807, 2.05) is 12.1 Å². The van der Waals surface area contributed by atoms with Crippen molar-refractivity contribution in [3.63, 3.8) is 0 Å². The first-order valence-electron chi connectivity index (χ1n) is 8.23. The third-order valence-electron chi connectivity index (χ3n) is 4.69. The molecule has 0 spiro atoms. The van der Waals surface area contributed by atoms with Gasteiger partial charge >= 0.3 is 11.9 Å². The minimum atomic E-state index is -1.26. The van der Waals surface area contributed by atoms with Crippen molar-refractivity contribution in [2.45, 2.75) is 31.3 Å². The minimum Gasteiger partial charge on any atom is -0.478 e. The van der Waals surface area contributed by atoms with E-state index >= 15 is 0 Å². The average molecular weight is 367 g/mol. The highest BCUT2D eigenvalue weighted by Crippen LogP contribution is 2.31. The first-order valence-corrected chi connectivity index (χ1v) is 8.61. The van der Waals surface area contributed by atoms with Crippen LogP contribution in [0.3, 0.4) is 0 Å². The van der Waals surface area contributed by atoms with Crippen LogP contribution in [0.2, 0.25) is 5.02 Å². The molecule has 3 rings (SSSR count). The maximum Gasteiger partial charge on any atom is 0.328 e.